The van der Waals surface area contributed by atoms with E-state index in [4.69, 9.17) is 5.73 Å². The van der Waals surface area contributed by atoms with Gasteiger partial charge >= 0.3 is 0 Å². The number of halogens is 1. The summed E-state index contributed by atoms with van der Waals surface area (Å²) in [5.74, 6) is 2.20. The van der Waals surface area contributed by atoms with Crippen LogP contribution in [0.2, 0.25) is 0 Å². The van der Waals surface area contributed by atoms with Crippen LogP contribution in [0.4, 0.5) is 0 Å². The van der Waals surface area contributed by atoms with Gasteiger partial charge in [-0.15, -0.1) is 24.0 Å². The van der Waals surface area contributed by atoms with E-state index < -0.39 is 0 Å². The number of nitrogens with one attached hydrogen (secondary N) is 1. The van der Waals surface area contributed by atoms with Gasteiger partial charge < -0.3 is 16.0 Å². The Bertz CT molecular complexity index is 279. The Labute approximate surface area is 134 Å². The van der Waals surface area contributed by atoms with Crippen LogP contribution in [0.15, 0.2) is 4.99 Å². The van der Waals surface area contributed by atoms with Gasteiger partial charge in [0.15, 0.2) is 5.96 Å². The molecule has 1 aliphatic heterocycles. The van der Waals surface area contributed by atoms with E-state index in [9.17, 15) is 0 Å². The largest absolute Gasteiger partial charge is 0.370 e. The summed E-state index contributed by atoms with van der Waals surface area (Å²) in [5.41, 5.74) is 5.90. The van der Waals surface area contributed by atoms with Gasteiger partial charge in [0.25, 0.3) is 0 Å². The third kappa shape index (κ3) is 5.85. The number of nitrogens with two attached hydrogens (primary N) is 1. The van der Waals surface area contributed by atoms with Gasteiger partial charge in [-0.3, -0.25) is 4.99 Å². The fourth-order valence-electron chi connectivity index (χ4n) is 2.81. The molecule has 3 N–H and O–H groups in total. The van der Waals surface area contributed by atoms with Gasteiger partial charge in [-0.1, -0.05) is 13.3 Å². The number of nitrogens with zero attached hydrogens (tertiary/aromatic N) is 2. The van der Waals surface area contributed by atoms with Crippen molar-refractivity contribution < 1.29 is 0 Å². The first-order valence-electron chi connectivity index (χ1n) is 7.54. The average Bonchev–Trinajstić information content (AvgIpc) is 2.73. The van der Waals surface area contributed by atoms with Crippen LogP contribution in [0, 0.1) is 11.8 Å². The smallest absolute Gasteiger partial charge is 0.188 e. The van der Waals surface area contributed by atoms with Gasteiger partial charge in [0.05, 0.1) is 0 Å². The number of guanidine groups is 1. The highest BCUT2D eigenvalue weighted by atomic mass is 127. The van der Waals surface area contributed by atoms with Crippen LogP contribution in [0.1, 0.15) is 39.0 Å². The monoisotopic (exact) mass is 380 g/mol. The molecule has 0 radical (unpaired) electrons. The molecule has 1 atom stereocenters. The minimum absolute atomic E-state index is 0. The molecule has 5 heteroatoms. The van der Waals surface area contributed by atoms with Crippen LogP contribution >= 0.6 is 24.0 Å². The predicted molar refractivity (Wildman–Crippen MR) is 92.1 cm³/mol. The summed E-state index contributed by atoms with van der Waals surface area (Å²) in [6, 6.07) is 0. The van der Waals surface area contributed by atoms with Crippen LogP contribution in [-0.4, -0.2) is 43.6 Å². The Morgan fingerprint density at radius 2 is 2.11 bits per heavy atom. The Balaban J connectivity index is 0.00000180. The van der Waals surface area contributed by atoms with Gasteiger partial charge in [0.2, 0.25) is 0 Å². The first-order valence-corrected chi connectivity index (χ1v) is 7.54. The Hall–Kier alpha value is -0.0400. The fraction of sp³-hybridized carbons (Fsp3) is 0.929. The van der Waals surface area contributed by atoms with Gasteiger partial charge in [-0.25, -0.2) is 0 Å². The number of hydrogen-bond acceptors (Lipinski definition) is 2. The molecule has 1 aliphatic carbocycles. The van der Waals surface area contributed by atoms with E-state index in [0.29, 0.717) is 11.9 Å². The summed E-state index contributed by atoms with van der Waals surface area (Å²) in [7, 11) is 0. The van der Waals surface area contributed by atoms with E-state index in [2.05, 4.69) is 22.1 Å². The summed E-state index contributed by atoms with van der Waals surface area (Å²) < 4.78 is 0. The molecule has 112 valence electrons. The van der Waals surface area contributed by atoms with Crippen LogP contribution in [0.5, 0.6) is 0 Å². The lowest BCUT2D eigenvalue weighted by molar-refractivity contribution is 0.315. The second-order valence-corrected chi connectivity index (χ2v) is 5.86. The zero-order chi connectivity index (χ0) is 12.8. The van der Waals surface area contributed by atoms with Gasteiger partial charge in [-0.05, 0) is 50.6 Å². The van der Waals surface area contributed by atoms with E-state index in [1.54, 1.807) is 0 Å². The van der Waals surface area contributed by atoms with Gasteiger partial charge in [0.1, 0.15) is 0 Å². The molecule has 0 aromatic rings. The normalized spacial score (nSPS) is 24.9. The molecule has 0 bridgehead atoms. The summed E-state index contributed by atoms with van der Waals surface area (Å²) in [4.78, 5) is 7.03. The van der Waals surface area contributed by atoms with E-state index in [1.165, 1.54) is 51.7 Å². The summed E-state index contributed by atoms with van der Waals surface area (Å²) >= 11 is 0. The van der Waals surface area contributed by atoms with Crippen molar-refractivity contribution in [3.8, 4) is 0 Å². The van der Waals surface area contributed by atoms with Gasteiger partial charge in [0, 0.05) is 19.6 Å². The van der Waals surface area contributed by atoms with E-state index in [1.807, 2.05) is 0 Å². The minimum Gasteiger partial charge on any atom is -0.370 e. The maximum atomic E-state index is 5.90. The van der Waals surface area contributed by atoms with Crippen LogP contribution in [0.25, 0.3) is 0 Å². The summed E-state index contributed by atoms with van der Waals surface area (Å²) in [6.45, 7) is 7.83. The minimum atomic E-state index is 0. The molecule has 4 nitrogen and oxygen atoms in total. The maximum absolute atomic E-state index is 5.90. The zero-order valence-electron chi connectivity index (χ0n) is 12.1. The Kier molecular flexibility index (Phi) is 8.06. The molecule has 1 saturated heterocycles. The number of rotatable bonds is 6. The van der Waals surface area contributed by atoms with Crippen molar-refractivity contribution in [2.45, 2.75) is 39.0 Å². The van der Waals surface area contributed by atoms with Crippen molar-refractivity contribution >= 4 is 29.9 Å². The topological polar surface area (TPSA) is 53.6 Å². The molecular weight excluding hydrogens is 351 g/mol. The molecule has 2 rings (SSSR count). The van der Waals surface area contributed by atoms with Gasteiger partial charge in [-0.2, -0.15) is 0 Å². The first kappa shape index (κ1) is 17.0. The van der Waals surface area contributed by atoms with Crippen LogP contribution in [-0.2, 0) is 0 Å². The molecular formula is C14H29IN4. The quantitative estimate of drug-likeness (QED) is 0.421. The fourth-order valence-corrected chi connectivity index (χ4v) is 2.81. The first-order chi connectivity index (χ1) is 8.78. The summed E-state index contributed by atoms with van der Waals surface area (Å²) in [5, 5.41) is 3.26. The lowest BCUT2D eigenvalue weighted by Crippen LogP contribution is -2.37. The third-order valence-electron chi connectivity index (χ3n) is 4.23. The number of hydrogen-bond donors (Lipinski definition) is 2. The van der Waals surface area contributed by atoms with Crippen LogP contribution in [0.3, 0.4) is 0 Å². The highest BCUT2D eigenvalue weighted by Gasteiger charge is 2.21. The third-order valence-corrected chi connectivity index (χ3v) is 4.23. The maximum Gasteiger partial charge on any atom is 0.188 e. The lowest BCUT2D eigenvalue weighted by atomic mass is 9.85. The van der Waals surface area contributed by atoms with Crippen molar-refractivity contribution in [3.63, 3.8) is 0 Å². The average molecular weight is 380 g/mol. The number of aliphatic imine (C=N–C) groups is 1. The van der Waals surface area contributed by atoms with E-state index in [0.717, 1.165) is 19.0 Å². The molecule has 0 spiro atoms. The molecule has 19 heavy (non-hydrogen) atoms. The van der Waals surface area contributed by atoms with Crippen LogP contribution < -0.4 is 11.1 Å². The lowest BCUT2D eigenvalue weighted by Gasteiger charge is -2.25. The predicted octanol–water partition coefficient (Wildman–Crippen LogP) is 2.04. The van der Waals surface area contributed by atoms with Crippen molar-refractivity contribution in [2.24, 2.45) is 22.6 Å². The van der Waals surface area contributed by atoms with E-state index in [-0.39, 0.29) is 24.0 Å². The second kappa shape index (κ2) is 9.00. The highest BCUT2D eigenvalue weighted by Crippen LogP contribution is 2.25. The molecule has 0 amide bonds. The summed E-state index contributed by atoms with van der Waals surface area (Å²) in [6.07, 6.45) is 6.63. The number of likely N-dealkylation sites (tertiary alicyclic amines) is 1. The highest BCUT2D eigenvalue weighted by molar-refractivity contribution is 14.0. The molecule has 1 unspecified atom stereocenters. The van der Waals surface area contributed by atoms with Crippen molar-refractivity contribution in [2.75, 3.05) is 32.7 Å². The molecule has 2 fully saturated rings. The molecule has 0 aromatic heterocycles. The second-order valence-electron chi connectivity index (χ2n) is 5.86. The standard InChI is InChI=1S/C14H28N4.HI/c1-2-7-18-8-6-13(11-18)10-17-14(15)16-9-12-4-3-5-12;/h12-13H,2-11H2,1H3,(H3,15,16,17);1H. The molecule has 1 heterocycles. The van der Waals surface area contributed by atoms with Crippen molar-refractivity contribution in [1.82, 2.24) is 10.2 Å². The van der Waals surface area contributed by atoms with E-state index >= 15 is 0 Å². The zero-order valence-corrected chi connectivity index (χ0v) is 14.4. The van der Waals surface area contributed by atoms with Crippen molar-refractivity contribution in [3.05, 3.63) is 0 Å². The molecule has 1 saturated carbocycles. The Morgan fingerprint density at radius 1 is 1.32 bits per heavy atom. The SMILES string of the molecule is CCCN1CCC(CN=C(N)NCC2CCC2)C1.I. The van der Waals surface area contributed by atoms with Crippen molar-refractivity contribution in [1.29, 1.82) is 0 Å². The molecule has 2 aliphatic rings. The molecule has 0 aromatic carbocycles. The Morgan fingerprint density at radius 3 is 2.74 bits per heavy atom.